The van der Waals surface area contributed by atoms with Gasteiger partial charge in [-0.1, -0.05) is 0 Å². The van der Waals surface area contributed by atoms with E-state index in [9.17, 15) is 18.5 Å². The van der Waals surface area contributed by atoms with Crippen molar-refractivity contribution in [2.24, 2.45) is 0 Å². The lowest BCUT2D eigenvalue weighted by Gasteiger charge is -2.17. The van der Waals surface area contributed by atoms with E-state index in [1.54, 1.807) is 18.5 Å². The zero-order valence-corrected chi connectivity index (χ0v) is 10.9. The van der Waals surface area contributed by atoms with Crippen LogP contribution < -0.4 is 9.03 Å². The molecule has 0 saturated carbocycles. The van der Waals surface area contributed by atoms with Crippen LogP contribution in [0.5, 0.6) is 5.75 Å². The average Bonchev–Trinajstić information content (AvgIpc) is 3.00. The third kappa shape index (κ3) is 1.94. The molecule has 6 nitrogen and oxygen atoms in total. The Balaban J connectivity index is 2.13. The molecule has 1 atom stereocenters. The SMILES string of the molecule is O=C1CN(c2c(O)ccc(-c3cc[nH]c3)c2F)S(=O)N1. The maximum Gasteiger partial charge on any atom is 0.253 e. The van der Waals surface area contributed by atoms with Crippen molar-refractivity contribution in [3.05, 3.63) is 36.4 Å². The molecule has 2 heterocycles. The molecule has 0 spiro atoms. The van der Waals surface area contributed by atoms with Crippen molar-refractivity contribution in [2.45, 2.75) is 0 Å². The Morgan fingerprint density at radius 2 is 2.15 bits per heavy atom. The minimum absolute atomic E-state index is 0.246. The molecule has 0 bridgehead atoms. The molecule has 3 rings (SSSR count). The summed E-state index contributed by atoms with van der Waals surface area (Å²) in [5, 5.41) is 9.81. The van der Waals surface area contributed by atoms with E-state index in [1.165, 1.54) is 12.1 Å². The number of nitrogens with zero attached hydrogens (tertiary/aromatic N) is 1. The van der Waals surface area contributed by atoms with E-state index in [0.717, 1.165) is 4.31 Å². The van der Waals surface area contributed by atoms with Crippen LogP contribution in [0.25, 0.3) is 11.1 Å². The molecule has 3 N–H and O–H groups in total. The highest BCUT2D eigenvalue weighted by molar-refractivity contribution is 7.85. The van der Waals surface area contributed by atoms with Gasteiger partial charge in [-0.25, -0.2) is 8.60 Å². The summed E-state index contributed by atoms with van der Waals surface area (Å²) in [6.45, 7) is -0.270. The summed E-state index contributed by atoms with van der Waals surface area (Å²) in [6, 6.07) is 4.40. The molecule has 0 radical (unpaired) electrons. The van der Waals surface area contributed by atoms with Crippen LogP contribution in [0.4, 0.5) is 10.1 Å². The number of aromatic hydroxyl groups is 1. The Morgan fingerprint density at radius 1 is 1.35 bits per heavy atom. The van der Waals surface area contributed by atoms with Gasteiger partial charge in [0, 0.05) is 23.5 Å². The van der Waals surface area contributed by atoms with Gasteiger partial charge < -0.3 is 10.1 Å². The van der Waals surface area contributed by atoms with E-state index in [2.05, 4.69) is 9.71 Å². The molecule has 20 heavy (non-hydrogen) atoms. The molecule has 0 aliphatic carbocycles. The van der Waals surface area contributed by atoms with E-state index >= 15 is 0 Å². The van der Waals surface area contributed by atoms with Crippen molar-refractivity contribution in [2.75, 3.05) is 10.8 Å². The van der Waals surface area contributed by atoms with Gasteiger partial charge in [-0.15, -0.1) is 0 Å². The number of nitrogens with one attached hydrogen (secondary N) is 2. The number of anilines is 1. The number of halogens is 1. The first-order chi connectivity index (χ1) is 9.58. The smallest absolute Gasteiger partial charge is 0.253 e. The van der Waals surface area contributed by atoms with Gasteiger partial charge in [-0.3, -0.25) is 13.8 Å². The highest BCUT2D eigenvalue weighted by atomic mass is 32.2. The summed E-state index contributed by atoms with van der Waals surface area (Å²) in [5.41, 5.74) is 0.587. The number of phenols is 1. The fourth-order valence-corrected chi connectivity index (χ4v) is 2.99. The molecule has 1 aromatic heterocycles. The first kappa shape index (κ1) is 12.7. The molecule has 1 saturated heterocycles. The van der Waals surface area contributed by atoms with Crippen LogP contribution in [0.2, 0.25) is 0 Å². The highest BCUT2D eigenvalue weighted by Crippen LogP contribution is 2.37. The maximum atomic E-state index is 14.6. The summed E-state index contributed by atoms with van der Waals surface area (Å²) in [5.74, 6) is -1.59. The molecule has 8 heteroatoms. The molecular weight excluding hydrogens is 285 g/mol. The standard InChI is InChI=1S/C12H10FN3O3S/c13-11-8(7-3-4-14-5-7)1-2-9(17)12(11)16-6-10(18)15-20(16)19/h1-5,14,17H,6H2,(H,15,18). The zero-order valence-electron chi connectivity index (χ0n) is 10.1. The van der Waals surface area contributed by atoms with E-state index in [1.807, 2.05) is 0 Å². The van der Waals surface area contributed by atoms with E-state index in [0.29, 0.717) is 5.56 Å². The van der Waals surface area contributed by atoms with Crippen LogP contribution in [0, 0.1) is 5.82 Å². The molecule has 2 aromatic rings. The van der Waals surface area contributed by atoms with Crippen molar-refractivity contribution in [1.29, 1.82) is 0 Å². The second-order valence-corrected chi connectivity index (χ2v) is 5.35. The fourth-order valence-electron chi connectivity index (χ4n) is 2.04. The third-order valence-electron chi connectivity index (χ3n) is 2.94. The number of aromatic nitrogens is 1. The number of hydrogen-bond donors (Lipinski definition) is 3. The summed E-state index contributed by atoms with van der Waals surface area (Å²) in [7, 11) is 0. The van der Waals surface area contributed by atoms with Gasteiger partial charge in [-0.05, 0) is 18.2 Å². The van der Waals surface area contributed by atoms with Gasteiger partial charge in [0.1, 0.15) is 18.0 Å². The number of benzene rings is 1. The predicted molar refractivity (Wildman–Crippen MR) is 71.5 cm³/mol. The van der Waals surface area contributed by atoms with Crippen LogP contribution in [0.1, 0.15) is 0 Å². The van der Waals surface area contributed by atoms with Crippen LogP contribution in [0.15, 0.2) is 30.6 Å². The molecule has 1 aromatic carbocycles. The normalized spacial score (nSPS) is 18.4. The van der Waals surface area contributed by atoms with Gasteiger partial charge in [0.2, 0.25) is 11.2 Å². The Morgan fingerprint density at radius 3 is 2.75 bits per heavy atom. The maximum absolute atomic E-state index is 14.6. The topological polar surface area (TPSA) is 85.4 Å². The van der Waals surface area contributed by atoms with Crippen LogP contribution in [-0.2, 0) is 16.0 Å². The minimum Gasteiger partial charge on any atom is -0.506 e. The van der Waals surface area contributed by atoms with Gasteiger partial charge in [0.15, 0.2) is 5.82 Å². The van der Waals surface area contributed by atoms with Crippen LogP contribution in [-0.4, -0.2) is 26.8 Å². The lowest BCUT2D eigenvalue weighted by Crippen LogP contribution is -2.23. The molecule has 1 aliphatic rings. The average molecular weight is 295 g/mol. The molecule has 104 valence electrons. The Labute approximate surface area is 115 Å². The number of carbonyl (C=O) groups is 1. The lowest BCUT2D eigenvalue weighted by atomic mass is 10.1. The number of phenolic OH excluding ortho intramolecular Hbond substituents is 1. The van der Waals surface area contributed by atoms with Crippen LogP contribution >= 0.6 is 0 Å². The molecular formula is C12H10FN3O3S. The summed E-state index contributed by atoms with van der Waals surface area (Å²) >= 11 is -1.89. The van der Waals surface area contributed by atoms with E-state index < -0.39 is 22.9 Å². The van der Waals surface area contributed by atoms with E-state index in [4.69, 9.17) is 0 Å². The second-order valence-electron chi connectivity index (χ2n) is 4.21. The Kier molecular flexibility index (Phi) is 2.94. The summed E-state index contributed by atoms with van der Waals surface area (Å²) in [4.78, 5) is 14.0. The van der Waals surface area contributed by atoms with Crippen molar-refractivity contribution in [1.82, 2.24) is 9.71 Å². The number of aromatic amines is 1. The van der Waals surface area contributed by atoms with Gasteiger partial charge in [0.05, 0.1) is 0 Å². The van der Waals surface area contributed by atoms with Gasteiger partial charge >= 0.3 is 0 Å². The van der Waals surface area contributed by atoms with Gasteiger partial charge in [0.25, 0.3) is 5.91 Å². The molecule has 1 unspecified atom stereocenters. The lowest BCUT2D eigenvalue weighted by molar-refractivity contribution is -0.117. The Bertz CT molecular complexity index is 702. The molecule has 1 fully saturated rings. The van der Waals surface area contributed by atoms with Crippen molar-refractivity contribution in [3.8, 4) is 16.9 Å². The first-order valence-corrected chi connectivity index (χ1v) is 6.82. The van der Waals surface area contributed by atoms with Crippen molar-refractivity contribution in [3.63, 3.8) is 0 Å². The Hall–Kier alpha value is -2.35. The van der Waals surface area contributed by atoms with Gasteiger partial charge in [-0.2, -0.15) is 0 Å². The zero-order chi connectivity index (χ0) is 14.3. The highest BCUT2D eigenvalue weighted by Gasteiger charge is 2.32. The number of H-pyrrole nitrogens is 1. The quantitative estimate of drug-likeness (QED) is 0.774. The number of amides is 1. The first-order valence-electron chi connectivity index (χ1n) is 5.71. The third-order valence-corrected chi connectivity index (χ3v) is 4.06. The second kappa shape index (κ2) is 4.64. The molecule has 1 aliphatic heterocycles. The van der Waals surface area contributed by atoms with E-state index in [-0.39, 0.29) is 23.5 Å². The predicted octanol–water partition coefficient (Wildman–Crippen LogP) is 1.04. The summed E-state index contributed by atoms with van der Waals surface area (Å²) in [6.07, 6.45) is 3.24. The molecule has 1 amide bonds. The fraction of sp³-hybridized carbons (Fsp3) is 0.0833. The van der Waals surface area contributed by atoms with Crippen molar-refractivity contribution >= 4 is 22.8 Å². The monoisotopic (exact) mass is 295 g/mol. The largest absolute Gasteiger partial charge is 0.506 e. The van der Waals surface area contributed by atoms with Crippen molar-refractivity contribution < 1.29 is 18.5 Å². The number of carbonyl (C=O) groups excluding carboxylic acids is 1. The van der Waals surface area contributed by atoms with Crippen LogP contribution in [0.3, 0.4) is 0 Å². The summed E-state index contributed by atoms with van der Waals surface area (Å²) < 4.78 is 29.4. The number of rotatable bonds is 2. The minimum atomic E-state index is -1.89. The number of hydrogen-bond acceptors (Lipinski definition) is 3.